The minimum Gasteiger partial charge on any atom is -0.468 e. The highest BCUT2D eigenvalue weighted by Crippen LogP contribution is 2.30. The van der Waals surface area contributed by atoms with E-state index in [1.165, 1.54) is 7.11 Å². The van der Waals surface area contributed by atoms with Gasteiger partial charge in [0, 0.05) is 5.56 Å². The number of H-pyrrole nitrogens is 1. The van der Waals surface area contributed by atoms with Crippen molar-refractivity contribution >= 4 is 18.4 Å². The monoisotopic (exact) mass is 287 g/mol. The van der Waals surface area contributed by atoms with Crippen molar-refractivity contribution in [1.82, 2.24) is 10.2 Å². The quantitative estimate of drug-likeness (QED) is 0.818. The average molecular weight is 288 g/mol. The molecule has 104 valence electrons. The molecule has 0 saturated carbocycles. The van der Waals surface area contributed by atoms with E-state index in [-0.39, 0.29) is 30.8 Å². The fraction of sp³-hybridized carbons (Fsp3) is 0.556. The Hall–Kier alpha value is -1.28. The molecule has 0 fully saturated rings. The third kappa shape index (κ3) is 4.19. The molecule has 9 heteroatoms. The number of aromatic nitrogens is 2. The lowest BCUT2D eigenvalue weighted by molar-refractivity contribution is -0.142. The van der Waals surface area contributed by atoms with E-state index in [1.807, 2.05) is 5.10 Å². The maximum atomic E-state index is 12.4. The van der Waals surface area contributed by atoms with Gasteiger partial charge >= 0.3 is 12.1 Å². The average Bonchev–Trinajstić information content (AvgIpc) is 2.72. The van der Waals surface area contributed by atoms with E-state index in [0.29, 0.717) is 0 Å². The van der Waals surface area contributed by atoms with Gasteiger partial charge in [-0.2, -0.15) is 18.3 Å². The van der Waals surface area contributed by atoms with Gasteiger partial charge in [-0.1, -0.05) is 0 Å². The fourth-order valence-electron chi connectivity index (χ4n) is 1.33. The number of aromatic amines is 1. The summed E-state index contributed by atoms with van der Waals surface area (Å²) in [6.07, 6.45) is -3.34. The SMILES string of the molecule is COC(=O)C(N)CCc1cn[nH]c1C(F)(F)F.Cl. The summed E-state index contributed by atoms with van der Waals surface area (Å²) in [6.45, 7) is 0. The summed E-state index contributed by atoms with van der Waals surface area (Å²) in [5.41, 5.74) is 4.49. The van der Waals surface area contributed by atoms with Crippen molar-refractivity contribution in [1.29, 1.82) is 0 Å². The van der Waals surface area contributed by atoms with E-state index in [1.54, 1.807) is 0 Å². The van der Waals surface area contributed by atoms with Crippen molar-refractivity contribution in [2.75, 3.05) is 7.11 Å². The number of nitrogens with two attached hydrogens (primary N) is 1. The van der Waals surface area contributed by atoms with E-state index < -0.39 is 23.9 Å². The van der Waals surface area contributed by atoms with Gasteiger partial charge in [0.15, 0.2) is 0 Å². The summed E-state index contributed by atoms with van der Waals surface area (Å²) in [5.74, 6) is -0.651. The molecule has 0 saturated heterocycles. The first-order chi connectivity index (χ1) is 7.86. The number of ether oxygens (including phenoxy) is 1. The van der Waals surface area contributed by atoms with Crippen LogP contribution in [0.15, 0.2) is 6.20 Å². The molecule has 0 aromatic carbocycles. The lowest BCUT2D eigenvalue weighted by atomic mass is 10.1. The summed E-state index contributed by atoms with van der Waals surface area (Å²) in [5, 5.41) is 5.21. The van der Waals surface area contributed by atoms with Gasteiger partial charge in [0.05, 0.1) is 13.3 Å². The van der Waals surface area contributed by atoms with E-state index in [9.17, 15) is 18.0 Å². The predicted octanol–water partition coefficient (Wildman–Crippen LogP) is 1.28. The molecule has 0 bridgehead atoms. The lowest BCUT2D eigenvalue weighted by Crippen LogP contribution is -2.32. The molecule has 1 heterocycles. The third-order valence-electron chi connectivity index (χ3n) is 2.23. The van der Waals surface area contributed by atoms with Gasteiger partial charge in [0.25, 0.3) is 0 Å². The second kappa shape index (κ2) is 6.60. The number of hydrogen-bond donors (Lipinski definition) is 2. The van der Waals surface area contributed by atoms with Gasteiger partial charge in [0.2, 0.25) is 0 Å². The highest BCUT2D eigenvalue weighted by molar-refractivity contribution is 5.85. The van der Waals surface area contributed by atoms with Gasteiger partial charge < -0.3 is 10.5 Å². The number of rotatable bonds is 4. The van der Waals surface area contributed by atoms with E-state index in [4.69, 9.17) is 5.73 Å². The first kappa shape index (κ1) is 16.7. The molecule has 3 N–H and O–H groups in total. The zero-order valence-corrected chi connectivity index (χ0v) is 10.3. The van der Waals surface area contributed by atoms with Crippen LogP contribution in [0.3, 0.4) is 0 Å². The summed E-state index contributed by atoms with van der Waals surface area (Å²) < 4.78 is 41.7. The van der Waals surface area contributed by atoms with Crippen molar-refractivity contribution in [3.8, 4) is 0 Å². The second-order valence-electron chi connectivity index (χ2n) is 3.44. The Balaban J connectivity index is 0.00000289. The molecule has 0 radical (unpaired) electrons. The molecule has 1 unspecified atom stereocenters. The molecule has 1 aromatic rings. The molecule has 0 aliphatic heterocycles. The molecule has 0 amide bonds. The van der Waals surface area contributed by atoms with Crippen molar-refractivity contribution in [3.05, 3.63) is 17.5 Å². The van der Waals surface area contributed by atoms with Gasteiger partial charge in [-0.25, -0.2) is 0 Å². The van der Waals surface area contributed by atoms with E-state index in [0.717, 1.165) is 6.20 Å². The van der Waals surface area contributed by atoms with Crippen LogP contribution in [0, 0.1) is 0 Å². The number of methoxy groups -OCH3 is 1. The zero-order valence-electron chi connectivity index (χ0n) is 9.45. The Morgan fingerprint density at radius 1 is 1.61 bits per heavy atom. The lowest BCUT2D eigenvalue weighted by Gasteiger charge is -2.10. The fourth-order valence-corrected chi connectivity index (χ4v) is 1.33. The molecule has 1 atom stereocenters. The minimum absolute atomic E-state index is 0. The number of nitrogens with one attached hydrogen (secondary N) is 1. The smallest absolute Gasteiger partial charge is 0.433 e. The number of nitrogens with zero attached hydrogens (tertiary/aromatic N) is 1. The first-order valence-corrected chi connectivity index (χ1v) is 4.79. The van der Waals surface area contributed by atoms with Crippen LogP contribution in [0.1, 0.15) is 17.7 Å². The van der Waals surface area contributed by atoms with E-state index in [2.05, 4.69) is 9.84 Å². The second-order valence-corrected chi connectivity index (χ2v) is 3.44. The highest BCUT2D eigenvalue weighted by atomic mass is 35.5. The molecular weight excluding hydrogens is 275 g/mol. The zero-order chi connectivity index (χ0) is 13.1. The van der Waals surface area contributed by atoms with Crippen molar-refractivity contribution in [2.24, 2.45) is 5.73 Å². The van der Waals surface area contributed by atoms with Crippen LogP contribution in [0.4, 0.5) is 13.2 Å². The van der Waals surface area contributed by atoms with Crippen LogP contribution in [0.25, 0.3) is 0 Å². The van der Waals surface area contributed by atoms with Crippen molar-refractivity contribution in [2.45, 2.75) is 25.1 Å². The normalized spacial score (nSPS) is 12.7. The van der Waals surface area contributed by atoms with Crippen molar-refractivity contribution in [3.63, 3.8) is 0 Å². The molecule has 0 spiro atoms. The molecule has 18 heavy (non-hydrogen) atoms. The molecule has 1 rings (SSSR count). The van der Waals surface area contributed by atoms with Gasteiger partial charge in [-0.3, -0.25) is 9.89 Å². The van der Waals surface area contributed by atoms with Crippen LogP contribution in [-0.4, -0.2) is 29.3 Å². The number of carbonyl (C=O) groups excluding carboxylic acids is 1. The van der Waals surface area contributed by atoms with Crippen molar-refractivity contribution < 1.29 is 22.7 Å². The number of halogens is 4. The molecule has 1 aromatic heterocycles. The number of esters is 1. The summed E-state index contributed by atoms with van der Waals surface area (Å²) in [6, 6.07) is -0.934. The maximum Gasteiger partial charge on any atom is 0.433 e. The first-order valence-electron chi connectivity index (χ1n) is 4.79. The molecule has 5 nitrogen and oxygen atoms in total. The van der Waals surface area contributed by atoms with Crippen LogP contribution in [0.5, 0.6) is 0 Å². The van der Waals surface area contributed by atoms with Gasteiger partial charge in [0.1, 0.15) is 11.7 Å². The Kier molecular flexibility index (Phi) is 6.13. The third-order valence-corrected chi connectivity index (χ3v) is 2.23. The summed E-state index contributed by atoms with van der Waals surface area (Å²) in [7, 11) is 1.17. The summed E-state index contributed by atoms with van der Waals surface area (Å²) >= 11 is 0. The molecular formula is C9H13ClF3N3O2. The van der Waals surface area contributed by atoms with Crippen LogP contribution >= 0.6 is 12.4 Å². The summed E-state index contributed by atoms with van der Waals surface area (Å²) in [4.78, 5) is 11.0. The Morgan fingerprint density at radius 2 is 2.22 bits per heavy atom. The van der Waals surface area contributed by atoms with Crippen LogP contribution in [0.2, 0.25) is 0 Å². The predicted molar refractivity (Wildman–Crippen MR) is 59.2 cm³/mol. The Labute approximate surface area is 107 Å². The Bertz CT molecular complexity index is 395. The number of aryl methyl sites for hydroxylation is 1. The standard InChI is InChI=1S/C9H12F3N3O2.ClH/c1-17-8(16)6(13)3-2-5-4-14-15-7(5)9(10,11)12;/h4,6H,2-3,13H2,1H3,(H,14,15);1H. The minimum atomic E-state index is -4.48. The topological polar surface area (TPSA) is 81.0 Å². The highest BCUT2D eigenvalue weighted by Gasteiger charge is 2.35. The maximum absolute atomic E-state index is 12.4. The Morgan fingerprint density at radius 3 is 2.72 bits per heavy atom. The van der Waals surface area contributed by atoms with Crippen LogP contribution < -0.4 is 5.73 Å². The number of alkyl halides is 3. The van der Waals surface area contributed by atoms with E-state index >= 15 is 0 Å². The van der Waals surface area contributed by atoms with Gasteiger partial charge in [-0.15, -0.1) is 12.4 Å². The van der Waals surface area contributed by atoms with Crippen LogP contribution in [-0.2, 0) is 22.1 Å². The number of carbonyl (C=O) groups is 1. The molecule has 0 aliphatic carbocycles. The largest absolute Gasteiger partial charge is 0.468 e. The number of hydrogen-bond acceptors (Lipinski definition) is 4. The van der Waals surface area contributed by atoms with Gasteiger partial charge in [-0.05, 0) is 12.8 Å². The molecule has 0 aliphatic rings.